The van der Waals surface area contributed by atoms with Gasteiger partial charge in [-0.3, -0.25) is 4.79 Å². The maximum atomic E-state index is 12.3. The first-order chi connectivity index (χ1) is 25.2. The summed E-state index contributed by atoms with van der Waals surface area (Å²) in [6.45, 7) is 4.35. The van der Waals surface area contributed by atoms with Crippen molar-refractivity contribution in [2.45, 2.75) is 289 Å². The summed E-state index contributed by atoms with van der Waals surface area (Å²) in [4.78, 5) is 12.3. The Morgan fingerprint density at radius 2 is 0.627 bits per heavy atom. The van der Waals surface area contributed by atoms with Gasteiger partial charge < -0.3 is 15.5 Å². The molecule has 0 fully saturated rings. The van der Waals surface area contributed by atoms with Crippen LogP contribution in [-0.4, -0.2) is 34.9 Å². The van der Waals surface area contributed by atoms with E-state index >= 15 is 0 Å². The largest absolute Gasteiger partial charge is 0.394 e. The lowest BCUT2D eigenvalue weighted by Gasteiger charge is -2.22. The van der Waals surface area contributed by atoms with Gasteiger partial charge in [-0.25, -0.2) is 0 Å². The van der Waals surface area contributed by atoms with Gasteiger partial charge in [0, 0.05) is 6.42 Å². The topological polar surface area (TPSA) is 69.6 Å². The summed E-state index contributed by atoms with van der Waals surface area (Å²) in [5, 5.41) is 23.1. The normalized spacial score (nSPS) is 12.8. The number of carbonyl (C=O) groups excluding carboxylic acids is 1. The standard InChI is InChI=1S/C47H95NO3/c1-3-5-7-9-11-13-14-15-16-17-18-19-20-21-22-23-24-25-26-27-28-29-30-31-32-33-34-35-36-38-40-42-46(50)45(44-49)48-47(51)43-41-39-37-12-10-8-6-4-2/h45-46,49-50H,3-44H2,1-2H3,(H,48,51). The number of hydrogen-bond acceptors (Lipinski definition) is 3. The molecule has 0 aromatic heterocycles. The van der Waals surface area contributed by atoms with E-state index in [-0.39, 0.29) is 12.5 Å². The lowest BCUT2D eigenvalue weighted by Crippen LogP contribution is -2.45. The van der Waals surface area contributed by atoms with Crippen LogP contribution in [0.4, 0.5) is 0 Å². The fourth-order valence-electron chi connectivity index (χ4n) is 7.72. The number of nitrogens with one attached hydrogen (secondary N) is 1. The molecule has 0 aromatic rings. The van der Waals surface area contributed by atoms with E-state index in [0.717, 1.165) is 25.7 Å². The highest BCUT2D eigenvalue weighted by molar-refractivity contribution is 5.76. The second-order valence-electron chi connectivity index (χ2n) is 16.5. The molecule has 0 aliphatic carbocycles. The van der Waals surface area contributed by atoms with Crippen molar-refractivity contribution >= 4 is 5.91 Å². The number of hydrogen-bond donors (Lipinski definition) is 3. The van der Waals surface area contributed by atoms with Crippen LogP contribution < -0.4 is 5.32 Å². The second-order valence-corrected chi connectivity index (χ2v) is 16.5. The quantitative estimate of drug-likeness (QED) is 0.0549. The van der Waals surface area contributed by atoms with Crippen LogP contribution in [0.15, 0.2) is 0 Å². The third-order valence-corrected chi connectivity index (χ3v) is 11.4. The maximum Gasteiger partial charge on any atom is 0.220 e. The molecule has 51 heavy (non-hydrogen) atoms. The summed E-state index contributed by atoms with van der Waals surface area (Å²) in [7, 11) is 0. The van der Waals surface area contributed by atoms with Gasteiger partial charge in [0.25, 0.3) is 0 Å². The van der Waals surface area contributed by atoms with E-state index < -0.39 is 12.1 Å². The molecule has 1 amide bonds. The smallest absolute Gasteiger partial charge is 0.220 e. The Labute approximate surface area is 321 Å². The lowest BCUT2D eigenvalue weighted by molar-refractivity contribution is -0.123. The highest BCUT2D eigenvalue weighted by Gasteiger charge is 2.20. The number of unbranched alkanes of at least 4 members (excludes halogenated alkanes) is 37. The molecule has 0 aliphatic heterocycles. The predicted molar refractivity (Wildman–Crippen MR) is 226 cm³/mol. The van der Waals surface area contributed by atoms with Crippen molar-refractivity contribution in [3.05, 3.63) is 0 Å². The van der Waals surface area contributed by atoms with Gasteiger partial charge in [-0.05, 0) is 12.8 Å². The molecule has 4 nitrogen and oxygen atoms in total. The monoisotopic (exact) mass is 722 g/mol. The minimum atomic E-state index is -0.652. The summed E-state index contributed by atoms with van der Waals surface area (Å²) in [6.07, 6.45) is 53.7. The SMILES string of the molecule is CCCCCCCCCCCCCCCCCCCCCCCCCCCCCCCCCC(O)C(CO)NC(=O)CCCCCCCCCC. The highest BCUT2D eigenvalue weighted by Crippen LogP contribution is 2.17. The van der Waals surface area contributed by atoms with E-state index in [1.807, 2.05) is 0 Å². The molecule has 0 aliphatic rings. The molecule has 306 valence electrons. The number of rotatable bonds is 44. The fraction of sp³-hybridized carbons (Fsp3) is 0.979. The molecule has 4 heteroatoms. The van der Waals surface area contributed by atoms with E-state index in [1.54, 1.807) is 0 Å². The first-order valence-corrected chi connectivity index (χ1v) is 23.7. The molecule has 0 saturated carbocycles. The minimum Gasteiger partial charge on any atom is -0.394 e. The summed E-state index contributed by atoms with van der Waals surface area (Å²) in [5.41, 5.74) is 0. The van der Waals surface area contributed by atoms with E-state index in [9.17, 15) is 15.0 Å². The maximum absolute atomic E-state index is 12.3. The molecule has 3 N–H and O–H groups in total. The molecule has 0 heterocycles. The van der Waals surface area contributed by atoms with Crippen molar-refractivity contribution in [1.82, 2.24) is 5.32 Å². The molecule has 0 aromatic carbocycles. The van der Waals surface area contributed by atoms with Crippen LogP contribution in [0.5, 0.6) is 0 Å². The fourth-order valence-corrected chi connectivity index (χ4v) is 7.72. The predicted octanol–water partition coefficient (Wildman–Crippen LogP) is 14.9. The molecule has 0 radical (unpaired) electrons. The second kappa shape index (κ2) is 43.8. The number of amides is 1. The van der Waals surface area contributed by atoms with Crippen molar-refractivity contribution in [3.63, 3.8) is 0 Å². The van der Waals surface area contributed by atoms with Gasteiger partial charge in [-0.2, -0.15) is 0 Å². The van der Waals surface area contributed by atoms with E-state index in [0.29, 0.717) is 12.8 Å². The summed E-state index contributed by atoms with van der Waals surface area (Å²) in [6, 6.07) is -0.528. The average molecular weight is 722 g/mol. The zero-order chi connectivity index (χ0) is 37.1. The Kier molecular flexibility index (Phi) is 43.3. The van der Waals surface area contributed by atoms with Crippen LogP contribution in [0.1, 0.15) is 277 Å². The van der Waals surface area contributed by atoms with Crippen molar-refractivity contribution in [1.29, 1.82) is 0 Å². The van der Waals surface area contributed by atoms with Crippen molar-refractivity contribution in [2.75, 3.05) is 6.61 Å². The average Bonchev–Trinajstić information content (AvgIpc) is 3.13. The summed E-state index contributed by atoms with van der Waals surface area (Å²) in [5.74, 6) is -0.0324. The van der Waals surface area contributed by atoms with Crippen LogP contribution in [0.2, 0.25) is 0 Å². The van der Waals surface area contributed by atoms with Crippen molar-refractivity contribution < 1.29 is 15.0 Å². The molecule has 0 rings (SSSR count). The Balaban J connectivity index is 3.32. The third kappa shape index (κ3) is 40.4. The third-order valence-electron chi connectivity index (χ3n) is 11.4. The van der Waals surface area contributed by atoms with Crippen LogP contribution in [0.25, 0.3) is 0 Å². The first-order valence-electron chi connectivity index (χ1n) is 23.7. The number of aliphatic hydroxyl groups excluding tert-OH is 2. The van der Waals surface area contributed by atoms with Crippen molar-refractivity contribution in [3.8, 4) is 0 Å². The van der Waals surface area contributed by atoms with Crippen molar-refractivity contribution in [2.24, 2.45) is 0 Å². The van der Waals surface area contributed by atoms with Gasteiger partial charge in [0.05, 0.1) is 18.8 Å². The molecular formula is C47H95NO3. The molecule has 0 bridgehead atoms. The molecule has 2 atom stereocenters. The van der Waals surface area contributed by atoms with Crippen LogP contribution in [0.3, 0.4) is 0 Å². The van der Waals surface area contributed by atoms with Gasteiger partial charge in [0.2, 0.25) is 5.91 Å². The molecule has 2 unspecified atom stereocenters. The minimum absolute atomic E-state index is 0.0324. The summed E-state index contributed by atoms with van der Waals surface area (Å²) >= 11 is 0. The molecule has 0 saturated heterocycles. The first kappa shape index (κ1) is 50.4. The van der Waals surface area contributed by atoms with Gasteiger partial charge in [-0.15, -0.1) is 0 Å². The van der Waals surface area contributed by atoms with Gasteiger partial charge in [0.1, 0.15) is 0 Å². The van der Waals surface area contributed by atoms with E-state index in [4.69, 9.17) is 0 Å². The number of aliphatic hydroxyl groups is 2. The zero-order valence-corrected chi connectivity index (χ0v) is 35.2. The van der Waals surface area contributed by atoms with E-state index in [1.165, 1.54) is 225 Å². The van der Waals surface area contributed by atoms with Gasteiger partial charge in [-0.1, -0.05) is 258 Å². The summed E-state index contributed by atoms with van der Waals surface area (Å²) < 4.78 is 0. The van der Waals surface area contributed by atoms with Crippen LogP contribution >= 0.6 is 0 Å². The number of carbonyl (C=O) groups is 1. The molecular weight excluding hydrogens is 627 g/mol. The Hall–Kier alpha value is -0.610. The Morgan fingerprint density at radius 3 is 0.882 bits per heavy atom. The lowest BCUT2D eigenvalue weighted by atomic mass is 10.0. The van der Waals surface area contributed by atoms with Gasteiger partial charge in [0.15, 0.2) is 0 Å². The van der Waals surface area contributed by atoms with Gasteiger partial charge >= 0.3 is 0 Å². The zero-order valence-electron chi connectivity index (χ0n) is 35.2. The molecule has 0 spiro atoms. The highest BCUT2D eigenvalue weighted by atomic mass is 16.3. The Morgan fingerprint density at radius 1 is 0.392 bits per heavy atom. The van der Waals surface area contributed by atoms with E-state index in [2.05, 4.69) is 19.2 Å². The van der Waals surface area contributed by atoms with Crippen LogP contribution in [0, 0.1) is 0 Å². The Bertz CT molecular complexity index is 655. The van der Waals surface area contributed by atoms with Crippen LogP contribution in [-0.2, 0) is 4.79 Å².